The van der Waals surface area contributed by atoms with E-state index in [1.165, 1.54) is 12.1 Å². The van der Waals surface area contributed by atoms with Crippen molar-refractivity contribution in [1.29, 1.82) is 0 Å². The SMILES string of the molecule is Cc1cc(F)ccc1NC(=S)Nc1cccc(Cl)c1C. The van der Waals surface area contributed by atoms with Gasteiger partial charge in [-0.25, -0.2) is 4.39 Å². The van der Waals surface area contributed by atoms with E-state index in [1.54, 1.807) is 6.07 Å². The first-order chi connectivity index (χ1) is 9.47. The van der Waals surface area contributed by atoms with E-state index in [2.05, 4.69) is 10.6 Å². The third kappa shape index (κ3) is 3.46. The second kappa shape index (κ2) is 6.20. The first-order valence-electron chi connectivity index (χ1n) is 6.06. The van der Waals surface area contributed by atoms with E-state index in [0.29, 0.717) is 10.1 Å². The molecule has 0 aliphatic carbocycles. The van der Waals surface area contributed by atoms with Crippen molar-refractivity contribution in [2.75, 3.05) is 10.6 Å². The molecule has 2 aromatic carbocycles. The van der Waals surface area contributed by atoms with Crippen molar-refractivity contribution in [2.45, 2.75) is 13.8 Å². The third-order valence-electron chi connectivity index (χ3n) is 2.95. The van der Waals surface area contributed by atoms with Crippen LogP contribution in [0.3, 0.4) is 0 Å². The van der Waals surface area contributed by atoms with Crippen molar-refractivity contribution in [2.24, 2.45) is 0 Å². The van der Waals surface area contributed by atoms with Crippen LogP contribution in [-0.2, 0) is 0 Å². The summed E-state index contributed by atoms with van der Waals surface area (Å²) in [5, 5.41) is 7.24. The molecule has 104 valence electrons. The molecule has 0 aliphatic heterocycles. The molecule has 0 aromatic heterocycles. The molecule has 0 atom stereocenters. The molecule has 20 heavy (non-hydrogen) atoms. The Bertz CT molecular complexity index is 658. The number of aryl methyl sites for hydroxylation is 1. The molecule has 0 spiro atoms. The molecule has 0 bridgehead atoms. The molecule has 2 aromatic rings. The minimum atomic E-state index is -0.266. The molecule has 0 radical (unpaired) electrons. The molecule has 5 heteroatoms. The highest BCUT2D eigenvalue weighted by molar-refractivity contribution is 7.80. The van der Waals surface area contributed by atoms with Gasteiger partial charge in [0, 0.05) is 16.4 Å². The van der Waals surface area contributed by atoms with Crippen LogP contribution in [0.4, 0.5) is 15.8 Å². The van der Waals surface area contributed by atoms with E-state index in [1.807, 2.05) is 32.0 Å². The first kappa shape index (κ1) is 14.8. The van der Waals surface area contributed by atoms with Crippen LogP contribution < -0.4 is 10.6 Å². The van der Waals surface area contributed by atoms with Gasteiger partial charge in [-0.1, -0.05) is 17.7 Å². The largest absolute Gasteiger partial charge is 0.332 e. The zero-order chi connectivity index (χ0) is 14.7. The fourth-order valence-electron chi connectivity index (χ4n) is 1.79. The van der Waals surface area contributed by atoms with Gasteiger partial charge in [0.1, 0.15) is 5.82 Å². The molecular weight excluding hydrogens is 295 g/mol. The van der Waals surface area contributed by atoms with Crippen molar-refractivity contribution in [3.63, 3.8) is 0 Å². The molecule has 2 nitrogen and oxygen atoms in total. The predicted octanol–water partition coefficient (Wildman–Crippen LogP) is 4.90. The maximum Gasteiger partial charge on any atom is 0.175 e. The Morgan fingerprint density at radius 3 is 2.50 bits per heavy atom. The maximum atomic E-state index is 13.0. The summed E-state index contributed by atoms with van der Waals surface area (Å²) >= 11 is 11.3. The molecule has 0 fully saturated rings. The maximum absolute atomic E-state index is 13.0. The van der Waals surface area contributed by atoms with Gasteiger partial charge in [-0.15, -0.1) is 0 Å². The molecule has 0 aliphatic rings. The van der Waals surface area contributed by atoms with E-state index in [4.69, 9.17) is 23.8 Å². The monoisotopic (exact) mass is 308 g/mol. The average molecular weight is 309 g/mol. The van der Waals surface area contributed by atoms with Gasteiger partial charge in [-0.2, -0.15) is 0 Å². The molecule has 2 N–H and O–H groups in total. The Morgan fingerprint density at radius 2 is 1.80 bits per heavy atom. The summed E-state index contributed by atoms with van der Waals surface area (Å²) in [7, 11) is 0. The molecule has 0 unspecified atom stereocenters. The lowest BCUT2D eigenvalue weighted by molar-refractivity contribution is 0.627. The van der Waals surface area contributed by atoms with Crippen LogP contribution in [0.2, 0.25) is 5.02 Å². The summed E-state index contributed by atoms with van der Waals surface area (Å²) in [4.78, 5) is 0. The Kier molecular flexibility index (Phi) is 4.57. The summed E-state index contributed by atoms with van der Waals surface area (Å²) in [5.74, 6) is -0.266. The fourth-order valence-corrected chi connectivity index (χ4v) is 2.18. The van der Waals surface area contributed by atoms with Gasteiger partial charge in [0.15, 0.2) is 5.11 Å². The molecule has 0 saturated carbocycles. The first-order valence-corrected chi connectivity index (χ1v) is 6.85. The van der Waals surface area contributed by atoms with E-state index in [9.17, 15) is 4.39 Å². The number of thiocarbonyl (C=S) groups is 1. The van der Waals surface area contributed by atoms with Crippen molar-refractivity contribution in [1.82, 2.24) is 0 Å². The van der Waals surface area contributed by atoms with Gasteiger partial charge in [-0.05, 0) is 67.5 Å². The summed E-state index contributed by atoms with van der Waals surface area (Å²) in [6, 6.07) is 10.1. The topological polar surface area (TPSA) is 24.1 Å². The zero-order valence-corrected chi connectivity index (χ0v) is 12.7. The molecule has 2 rings (SSSR count). The van der Waals surface area contributed by atoms with Crippen molar-refractivity contribution in [3.05, 3.63) is 58.4 Å². The van der Waals surface area contributed by atoms with Crippen LogP contribution in [-0.4, -0.2) is 5.11 Å². The number of anilines is 2. The van der Waals surface area contributed by atoms with Crippen molar-refractivity contribution in [3.8, 4) is 0 Å². The highest BCUT2D eigenvalue weighted by Crippen LogP contribution is 2.23. The number of rotatable bonds is 2. The second-order valence-corrected chi connectivity index (χ2v) is 5.27. The standard InChI is InChI=1S/C15H14ClFN2S/c1-9-8-11(17)6-7-13(9)18-15(20)19-14-5-3-4-12(16)10(14)2/h3-8H,1-2H3,(H2,18,19,20). The highest BCUT2D eigenvalue weighted by Gasteiger charge is 2.06. The second-order valence-electron chi connectivity index (χ2n) is 4.45. The van der Waals surface area contributed by atoms with Crippen LogP contribution in [0.15, 0.2) is 36.4 Å². The van der Waals surface area contributed by atoms with Gasteiger partial charge >= 0.3 is 0 Å². The molecule has 0 amide bonds. The van der Waals surface area contributed by atoms with Crippen LogP contribution in [0, 0.1) is 19.7 Å². The lowest BCUT2D eigenvalue weighted by Crippen LogP contribution is -2.20. The normalized spacial score (nSPS) is 10.2. The number of hydrogen-bond acceptors (Lipinski definition) is 1. The van der Waals surface area contributed by atoms with Gasteiger partial charge in [0.05, 0.1) is 0 Å². The summed E-state index contributed by atoms with van der Waals surface area (Å²) in [6.07, 6.45) is 0. The third-order valence-corrected chi connectivity index (χ3v) is 3.57. The van der Waals surface area contributed by atoms with Crippen molar-refractivity contribution < 1.29 is 4.39 Å². The van der Waals surface area contributed by atoms with Crippen molar-refractivity contribution >= 4 is 40.3 Å². The van der Waals surface area contributed by atoms with Crippen LogP contribution >= 0.6 is 23.8 Å². The molecule has 0 heterocycles. The lowest BCUT2D eigenvalue weighted by atomic mass is 10.2. The van der Waals surface area contributed by atoms with Gasteiger partial charge in [0.25, 0.3) is 0 Å². The van der Waals surface area contributed by atoms with E-state index in [-0.39, 0.29) is 5.82 Å². The summed E-state index contributed by atoms with van der Waals surface area (Å²) in [5.41, 5.74) is 3.32. The Hall–Kier alpha value is -1.65. The number of halogens is 2. The summed E-state index contributed by atoms with van der Waals surface area (Å²) < 4.78 is 13.0. The predicted molar refractivity (Wildman–Crippen MR) is 87.2 cm³/mol. The Morgan fingerprint density at radius 1 is 1.10 bits per heavy atom. The lowest BCUT2D eigenvalue weighted by Gasteiger charge is -2.14. The van der Waals surface area contributed by atoms with Crippen LogP contribution in [0.5, 0.6) is 0 Å². The summed E-state index contributed by atoms with van der Waals surface area (Å²) in [6.45, 7) is 3.73. The minimum Gasteiger partial charge on any atom is -0.332 e. The Labute approximate surface area is 128 Å². The smallest absolute Gasteiger partial charge is 0.175 e. The number of nitrogens with one attached hydrogen (secondary N) is 2. The average Bonchev–Trinajstić information content (AvgIpc) is 2.38. The van der Waals surface area contributed by atoms with Gasteiger partial charge in [-0.3, -0.25) is 0 Å². The van der Waals surface area contributed by atoms with E-state index >= 15 is 0 Å². The molecule has 0 saturated heterocycles. The van der Waals surface area contributed by atoms with E-state index < -0.39 is 0 Å². The van der Waals surface area contributed by atoms with Gasteiger partial charge in [0.2, 0.25) is 0 Å². The van der Waals surface area contributed by atoms with Crippen LogP contribution in [0.25, 0.3) is 0 Å². The zero-order valence-electron chi connectivity index (χ0n) is 11.1. The molecular formula is C15H14ClFN2S. The fraction of sp³-hybridized carbons (Fsp3) is 0.133. The Balaban J connectivity index is 2.11. The highest BCUT2D eigenvalue weighted by atomic mass is 35.5. The number of benzene rings is 2. The minimum absolute atomic E-state index is 0.266. The van der Waals surface area contributed by atoms with Crippen LogP contribution in [0.1, 0.15) is 11.1 Å². The van der Waals surface area contributed by atoms with E-state index in [0.717, 1.165) is 22.5 Å². The quantitative estimate of drug-likeness (QED) is 0.771. The number of hydrogen-bond donors (Lipinski definition) is 2. The van der Waals surface area contributed by atoms with Gasteiger partial charge < -0.3 is 10.6 Å².